The summed E-state index contributed by atoms with van der Waals surface area (Å²) in [7, 11) is 1.69. The summed E-state index contributed by atoms with van der Waals surface area (Å²) >= 11 is 0. The van der Waals surface area contributed by atoms with Crippen molar-refractivity contribution in [3.05, 3.63) is 48.3 Å². The van der Waals surface area contributed by atoms with E-state index >= 15 is 0 Å². The third-order valence-electron chi connectivity index (χ3n) is 4.84. The molecule has 0 aliphatic carbocycles. The molecular weight excluding hydrogens is 328 g/mol. The van der Waals surface area contributed by atoms with Crippen molar-refractivity contribution in [3.63, 3.8) is 0 Å². The fraction of sp³-hybridized carbons (Fsp3) is 0.526. The van der Waals surface area contributed by atoms with E-state index in [2.05, 4.69) is 57.9 Å². The second-order valence-electron chi connectivity index (χ2n) is 6.88. The largest absolute Gasteiger partial charge is 0.497 e. The summed E-state index contributed by atoms with van der Waals surface area (Å²) in [5.41, 5.74) is 1.18. The van der Waals surface area contributed by atoms with Crippen LogP contribution in [0.25, 0.3) is 0 Å². The molecule has 0 saturated carbocycles. The zero-order valence-electron chi connectivity index (χ0n) is 15.9. The van der Waals surface area contributed by atoms with Gasteiger partial charge < -0.3 is 4.74 Å². The Morgan fingerprint density at radius 2 is 1.85 bits per heavy atom. The first-order chi connectivity index (χ1) is 12.6. The van der Waals surface area contributed by atoms with E-state index in [1.165, 1.54) is 5.56 Å². The maximum absolute atomic E-state index is 5.31. The summed E-state index contributed by atoms with van der Waals surface area (Å²) in [6.07, 6.45) is 1.97. The fourth-order valence-corrected chi connectivity index (χ4v) is 3.44. The standard InChI is InChI=1S/C19H28N6O/c1-5-10-23-11-13-24(14-12-23)18(16-6-8-17(26-4)9-7-16)19-20-21-22-25(19)15(2)3/h5-9,15,18H,1,10-14H2,2-4H3. The third-order valence-corrected chi connectivity index (χ3v) is 4.84. The van der Waals surface area contributed by atoms with Crippen LogP contribution in [-0.2, 0) is 0 Å². The van der Waals surface area contributed by atoms with Gasteiger partial charge in [-0.15, -0.1) is 11.7 Å². The van der Waals surface area contributed by atoms with E-state index in [4.69, 9.17) is 4.74 Å². The zero-order chi connectivity index (χ0) is 18.5. The number of ether oxygens (including phenoxy) is 1. The molecule has 0 amide bonds. The molecule has 3 rings (SSSR count). The Labute approximate surface area is 155 Å². The molecule has 7 heteroatoms. The number of aromatic nitrogens is 4. The molecule has 1 aromatic carbocycles. The highest BCUT2D eigenvalue weighted by molar-refractivity contribution is 5.32. The molecule has 1 unspecified atom stereocenters. The van der Waals surface area contributed by atoms with E-state index in [0.717, 1.165) is 44.3 Å². The summed E-state index contributed by atoms with van der Waals surface area (Å²) in [6, 6.07) is 8.46. The van der Waals surface area contributed by atoms with Crippen LogP contribution < -0.4 is 4.74 Å². The SMILES string of the molecule is C=CCN1CCN(C(c2ccc(OC)cc2)c2nnnn2C(C)C)CC1. The minimum Gasteiger partial charge on any atom is -0.497 e. The van der Waals surface area contributed by atoms with Gasteiger partial charge >= 0.3 is 0 Å². The molecule has 2 heterocycles. The van der Waals surface area contributed by atoms with Gasteiger partial charge in [-0.25, -0.2) is 4.68 Å². The maximum Gasteiger partial charge on any atom is 0.173 e. The first kappa shape index (κ1) is 18.5. The van der Waals surface area contributed by atoms with Crippen LogP contribution in [0.2, 0.25) is 0 Å². The average molecular weight is 356 g/mol. The van der Waals surface area contributed by atoms with Crippen LogP contribution in [0.1, 0.15) is 37.3 Å². The van der Waals surface area contributed by atoms with Crippen LogP contribution in [0, 0.1) is 0 Å². The van der Waals surface area contributed by atoms with Gasteiger partial charge in [-0.3, -0.25) is 9.80 Å². The number of benzene rings is 1. The third kappa shape index (κ3) is 3.94. The molecule has 0 N–H and O–H groups in total. The highest BCUT2D eigenvalue weighted by atomic mass is 16.5. The quantitative estimate of drug-likeness (QED) is 0.709. The van der Waals surface area contributed by atoms with E-state index in [9.17, 15) is 0 Å². The van der Waals surface area contributed by atoms with E-state index in [0.29, 0.717) is 0 Å². The van der Waals surface area contributed by atoms with Crippen molar-refractivity contribution in [1.29, 1.82) is 0 Å². The Hall–Kier alpha value is -2.25. The molecule has 1 aliphatic rings. The van der Waals surface area contributed by atoms with Gasteiger partial charge in [-0.2, -0.15) is 0 Å². The molecule has 0 bridgehead atoms. The molecule has 0 spiro atoms. The summed E-state index contributed by atoms with van der Waals surface area (Å²) in [4.78, 5) is 4.88. The van der Waals surface area contributed by atoms with Crippen LogP contribution >= 0.6 is 0 Å². The first-order valence-corrected chi connectivity index (χ1v) is 9.13. The molecule has 2 aromatic rings. The Bertz CT molecular complexity index is 703. The smallest absolute Gasteiger partial charge is 0.173 e. The molecule has 7 nitrogen and oxygen atoms in total. The van der Waals surface area contributed by atoms with Gasteiger partial charge in [0.2, 0.25) is 0 Å². The molecule has 1 fully saturated rings. The van der Waals surface area contributed by atoms with Crippen molar-refractivity contribution in [2.45, 2.75) is 25.9 Å². The molecule has 1 aliphatic heterocycles. The lowest BCUT2D eigenvalue weighted by Crippen LogP contribution is -2.48. The molecule has 1 aromatic heterocycles. The number of nitrogens with zero attached hydrogens (tertiary/aromatic N) is 6. The lowest BCUT2D eigenvalue weighted by atomic mass is 10.0. The van der Waals surface area contributed by atoms with Gasteiger partial charge in [0.05, 0.1) is 19.2 Å². The zero-order valence-corrected chi connectivity index (χ0v) is 15.9. The lowest BCUT2D eigenvalue weighted by Gasteiger charge is -2.38. The number of hydrogen-bond donors (Lipinski definition) is 0. The van der Waals surface area contributed by atoms with Crippen molar-refractivity contribution in [3.8, 4) is 5.75 Å². The Balaban J connectivity index is 1.91. The predicted molar refractivity (Wildman–Crippen MR) is 101 cm³/mol. The highest BCUT2D eigenvalue weighted by Crippen LogP contribution is 2.30. The Kier molecular flexibility index (Phi) is 6.00. The van der Waals surface area contributed by atoms with Crippen molar-refractivity contribution >= 4 is 0 Å². The first-order valence-electron chi connectivity index (χ1n) is 9.13. The van der Waals surface area contributed by atoms with Crippen LogP contribution in [0.4, 0.5) is 0 Å². The Morgan fingerprint density at radius 3 is 2.42 bits per heavy atom. The molecule has 0 radical (unpaired) electrons. The number of tetrazole rings is 1. The van der Waals surface area contributed by atoms with Crippen LogP contribution in [0.3, 0.4) is 0 Å². The van der Waals surface area contributed by atoms with E-state index in [-0.39, 0.29) is 12.1 Å². The predicted octanol–water partition coefficient (Wildman–Crippen LogP) is 2.16. The molecule has 26 heavy (non-hydrogen) atoms. The maximum atomic E-state index is 5.31. The summed E-state index contributed by atoms with van der Waals surface area (Å²) < 4.78 is 7.23. The fourth-order valence-electron chi connectivity index (χ4n) is 3.44. The number of hydrogen-bond acceptors (Lipinski definition) is 6. The second kappa shape index (κ2) is 8.42. The normalized spacial score (nSPS) is 17.4. The lowest BCUT2D eigenvalue weighted by molar-refractivity contribution is 0.112. The van der Waals surface area contributed by atoms with Gasteiger partial charge in [0.15, 0.2) is 5.82 Å². The minimum absolute atomic E-state index is 0.0317. The second-order valence-corrected chi connectivity index (χ2v) is 6.88. The number of rotatable bonds is 7. The summed E-state index contributed by atoms with van der Waals surface area (Å²) in [5.74, 6) is 1.74. The van der Waals surface area contributed by atoms with Crippen LogP contribution in [0.5, 0.6) is 5.75 Å². The van der Waals surface area contributed by atoms with Crippen molar-refractivity contribution in [2.75, 3.05) is 39.8 Å². The Morgan fingerprint density at radius 1 is 1.15 bits per heavy atom. The van der Waals surface area contributed by atoms with Gasteiger partial charge in [0.1, 0.15) is 5.75 Å². The van der Waals surface area contributed by atoms with Gasteiger partial charge in [-0.05, 0) is 42.0 Å². The van der Waals surface area contributed by atoms with Crippen LogP contribution in [-0.4, -0.2) is 69.8 Å². The van der Waals surface area contributed by atoms with Crippen molar-refractivity contribution in [2.24, 2.45) is 0 Å². The summed E-state index contributed by atoms with van der Waals surface area (Å²) in [6.45, 7) is 13.0. The molecule has 1 saturated heterocycles. The average Bonchev–Trinajstić information content (AvgIpc) is 3.14. The van der Waals surface area contributed by atoms with Gasteiger partial charge in [0.25, 0.3) is 0 Å². The number of piperazine rings is 1. The molecule has 140 valence electrons. The highest BCUT2D eigenvalue weighted by Gasteiger charge is 2.30. The number of methoxy groups -OCH3 is 1. The topological polar surface area (TPSA) is 59.3 Å². The van der Waals surface area contributed by atoms with E-state index in [1.54, 1.807) is 7.11 Å². The van der Waals surface area contributed by atoms with E-state index < -0.39 is 0 Å². The van der Waals surface area contributed by atoms with E-state index in [1.807, 2.05) is 22.9 Å². The minimum atomic E-state index is 0.0317. The molecular formula is C19H28N6O. The van der Waals surface area contributed by atoms with Gasteiger partial charge in [-0.1, -0.05) is 18.2 Å². The van der Waals surface area contributed by atoms with Gasteiger partial charge in [0, 0.05) is 32.7 Å². The van der Waals surface area contributed by atoms with Crippen LogP contribution in [0.15, 0.2) is 36.9 Å². The monoisotopic (exact) mass is 356 g/mol. The van der Waals surface area contributed by atoms with Crippen molar-refractivity contribution in [1.82, 2.24) is 30.0 Å². The summed E-state index contributed by atoms with van der Waals surface area (Å²) in [5, 5.41) is 12.6. The molecule has 1 atom stereocenters. The van der Waals surface area contributed by atoms with Crippen molar-refractivity contribution < 1.29 is 4.74 Å².